The molecule has 2 heterocycles. The Kier molecular flexibility index (Phi) is 11.7. The number of carboxylic acids is 2. The van der Waals surface area contributed by atoms with Gasteiger partial charge in [-0.05, 0) is 62.4 Å². The number of alkyl halides is 6. The van der Waals surface area contributed by atoms with E-state index in [2.05, 4.69) is 52.3 Å². The molecule has 6 nitrogen and oxygen atoms in total. The van der Waals surface area contributed by atoms with E-state index in [1.807, 2.05) is 13.1 Å². The molecular weight excluding hydrogens is 482 g/mol. The minimum atomic E-state index is -5.08. The third-order valence-electron chi connectivity index (χ3n) is 4.94. The number of likely N-dealkylation sites (tertiary alicyclic amines) is 1. The van der Waals surface area contributed by atoms with E-state index < -0.39 is 24.3 Å². The molecule has 3 rings (SSSR count). The highest BCUT2D eigenvalue weighted by Gasteiger charge is 2.38. The van der Waals surface area contributed by atoms with Gasteiger partial charge in [-0.25, -0.2) is 9.59 Å². The SMILES string of the molecule is Cc1ccc(CN2CCC(Cc3ccccc3)CC2)cn1.O=C(O)C(F)(F)F.O=C(O)C(F)(F)F. The molecule has 1 aliphatic rings. The summed E-state index contributed by atoms with van der Waals surface area (Å²) < 4.78 is 63.5. The Morgan fingerprint density at radius 1 is 0.886 bits per heavy atom. The fraction of sp³-hybridized carbons (Fsp3) is 0.435. The van der Waals surface area contributed by atoms with Gasteiger partial charge in [0.15, 0.2) is 0 Å². The number of aromatic nitrogens is 1. The molecule has 35 heavy (non-hydrogen) atoms. The number of aliphatic carboxylic acids is 2. The molecule has 0 bridgehead atoms. The van der Waals surface area contributed by atoms with Gasteiger partial charge in [0.05, 0.1) is 0 Å². The van der Waals surface area contributed by atoms with Crippen LogP contribution in [0.1, 0.15) is 29.7 Å². The minimum absolute atomic E-state index is 0.847. The van der Waals surface area contributed by atoms with Gasteiger partial charge in [-0.3, -0.25) is 9.88 Å². The number of hydrogen-bond donors (Lipinski definition) is 2. The van der Waals surface area contributed by atoms with Crippen molar-refractivity contribution in [2.24, 2.45) is 5.92 Å². The molecule has 0 spiro atoms. The summed E-state index contributed by atoms with van der Waals surface area (Å²) in [7, 11) is 0. The normalized spacial score (nSPS) is 14.7. The van der Waals surface area contributed by atoms with Crippen molar-refractivity contribution in [2.75, 3.05) is 13.1 Å². The summed E-state index contributed by atoms with van der Waals surface area (Å²) in [4.78, 5) is 24.7. The second kappa shape index (κ2) is 13.7. The quantitative estimate of drug-likeness (QED) is 0.558. The summed E-state index contributed by atoms with van der Waals surface area (Å²) in [5.74, 6) is -4.67. The van der Waals surface area contributed by atoms with Crippen LogP contribution in [0.4, 0.5) is 26.3 Å². The zero-order valence-corrected chi connectivity index (χ0v) is 18.8. The van der Waals surface area contributed by atoms with Crippen LogP contribution < -0.4 is 0 Å². The van der Waals surface area contributed by atoms with Crippen molar-refractivity contribution in [3.05, 3.63) is 65.5 Å². The first-order chi connectivity index (χ1) is 16.2. The van der Waals surface area contributed by atoms with Crippen LogP contribution >= 0.6 is 0 Å². The van der Waals surface area contributed by atoms with Crippen LogP contribution in [0.3, 0.4) is 0 Å². The van der Waals surface area contributed by atoms with E-state index in [-0.39, 0.29) is 0 Å². The number of nitrogens with zero attached hydrogens (tertiary/aromatic N) is 2. The lowest BCUT2D eigenvalue weighted by atomic mass is 9.90. The number of pyridine rings is 1. The first kappa shape index (κ1) is 29.9. The molecule has 0 amide bonds. The molecule has 2 N–H and O–H groups in total. The van der Waals surface area contributed by atoms with Gasteiger partial charge in [-0.15, -0.1) is 0 Å². The molecule has 194 valence electrons. The van der Waals surface area contributed by atoms with Crippen molar-refractivity contribution >= 4 is 11.9 Å². The van der Waals surface area contributed by atoms with Gasteiger partial charge in [-0.1, -0.05) is 36.4 Å². The number of aryl methyl sites for hydroxylation is 1. The summed E-state index contributed by atoms with van der Waals surface area (Å²) in [6, 6.07) is 15.2. The molecule has 0 aliphatic carbocycles. The highest BCUT2D eigenvalue weighted by Crippen LogP contribution is 2.22. The fourth-order valence-electron chi connectivity index (χ4n) is 3.15. The number of halogens is 6. The van der Waals surface area contributed by atoms with E-state index in [1.165, 1.54) is 43.5 Å². The van der Waals surface area contributed by atoms with Gasteiger partial charge in [-0.2, -0.15) is 26.3 Å². The Bertz CT molecular complexity index is 886. The molecule has 1 aromatic carbocycles. The van der Waals surface area contributed by atoms with Crippen molar-refractivity contribution in [1.82, 2.24) is 9.88 Å². The second-order valence-corrected chi connectivity index (χ2v) is 7.82. The smallest absolute Gasteiger partial charge is 0.475 e. The summed E-state index contributed by atoms with van der Waals surface area (Å²) >= 11 is 0. The minimum Gasteiger partial charge on any atom is -0.475 e. The molecule has 0 radical (unpaired) electrons. The van der Waals surface area contributed by atoms with E-state index in [4.69, 9.17) is 19.8 Å². The topological polar surface area (TPSA) is 90.7 Å². The number of carboxylic acid groups (broad SMARTS) is 2. The van der Waals surface area contributed by atoms with Crippen LogP contribution in [-0.4, -0.2) is 57.5 Å². The Balaban J connectivity index is 0.000000362. The van der Waals surface area contributed by atoms with Gasteiger partial charge in [0, 0.05) is 18.4 Å². The first-order valence-corrected chi connectivity index (χ1v) is 10.5. The van der Waals surface area contributed by atoms with Crippen LogP contribution in [0.25, 0.3) is 0 Å². The molecule has 1 saturated heterocycles. The maximum atomic E-state index is 10.6. The van der Waals surface area contributed by atoms with Crippen LogP contribution in [0.2, 0.25) is 0 Å². The molecule has 0 unspecified atom stereocenters. The van der Waals surface area contributed by atoms with Crippen molar-refractivity contribution in [3.8, 4) is 0 Å². The molecular formula is C23H26F6N2O4. The maximum Gasteiger partial charge on any atom is 0.490 e. The van der Waals surface area contributed by atoms with Crippen molar-refractivity contribution < 1.29 is 46.1 Å². The second-order valence-electron chi connectivity index (χ2n) is 7.82. The van der Waals surface area contributed by atoms with Crippen LogP contribution in [0.5, 0.6) is 0 Å². The van der Waals surface area contributed by atoms with E-state index in [0.717, 1.165) is 18.2 Å². The van der Waals surface area contributed by atoms with Gasteiger partial charge < -0.3 is 10.2 Å². The van der Waals surface area contributed by atoms with Crippen LogP contribution in [0, 0.1) is 12.8 Å². The van der Waals surface area contributed by atoms with Crippen molar-refractivity contribution in [3.63, 3.8) is 0 Å². The van der Waals surface area contributed by atoms with Gasteiger partial charge in [0.25, 0.3) is 0 Å². The van der Waals surface area contributed by atoms with Crippen LogP contribution in [-0.2, 0) is 22.6 Å². The predicted octanol–water partition coefficient (Wildman–Crippen LogP) is 5.11. The number of piperidine rings is 1. The molecule has 0 saturated carbocycles. The third kappa shape index (κ3) is 12.8. The monoisotopic (exact) mass is 508 g/mol. The Morgan fingerprint density at radius 2 is 1.37 bits per heavy atom. The van der Waals surface area contributed by atoms with Gasteiger partial charge >= 0.3 is 24.3 Å². The lowest BCUT2D eigenvalue weighted by Gasteiger charge is -2.32. The van der Waals surface area contributed by atoms with E-state index in [0.29, 0.717) is 0 Å². The summed E-state index contributed by atoms with van der Waals surface area (Å²) in [5, 5.41) is 14.2. The number of benzene rings is 1. The van der Waals surface area contributed by atoms with Gasteiger partial charge in [0.1, 0.15) is 0 Å². The summed E-state index contributed by atoms with van der Waals surface area (Å²) in [5.41, 5.74) is 3.92. The average Bonchev–Trinajstić information content (AvgIpc) is 2.77. The molecule has 12 heteroatoms. The number of carbonyl (C=O) groups is 2. The standard InChI is InChI=1S/C19H24N2.2C2HF3O2/c1-16-7-8-19(14-20-16)15-21-11-9-18(10-12-21)13-17-5-3-2-4-6-17;2*3-2(4,5)1(6)7/h2-8,14,18H,9-13,15H2,1H3;2*(H,6,7). The number of rotatable bonds is 4. The molecule has 1 aliphatic heterocycles. The molecule has 1 fully saturated rings. The summed E-state index contributed by atoms with van der Waals surface area (Å²) in [6.07, 6.45) is -4.28. The Labute approximate surface area is 198 Å². The van der Waals surface area contributed by atoms with E-state index in [1.54, 1.807) is 0 Å². The zero-order chi connectivity index (χ0) is 26.6. The molecule has 0 atom stereocenters. The Morgan fingerprint density at radius 3 is 1.77 bits per heavy atom. The number of hydrogen-bond acceptors (Lipinski definition) is 4. The third-order valence-corrected chi connectivity index (χ3v) is 4.94. The largest absolute Gasteiger partial charge is 0.490 e. The zero-order valence-electron chi connectivity index (χ0n) is 18.8. The van der Waals surface area contributed by atoms with E-state index >= 15 is 0 Å². The van der Waals surface area contributed by atoms with Crippen molar-refractivity contribution in [1.29, 1.82) is 0 Å². The highest BCUT2D eigenvalue weighted by molar-refractivity contribution is 5.73. The average molecular weight is 508 g/mol. The lowest BCUT2D eigenvalue weighted by molar-refractivity contribution is -0.193. The van der Waals surface area contributed by atoms with Crippen molar-refractivity contribution in [2.45, 2.75) is 45.1 Å². The van der Waals surface area contributed by atoms with Gasteiger partial charge in [0.2, 0.25) is 0 Å². The fourth-order valence-corrected chi connectivity index (χ4v) is 3.15. The molecule has 2 aromatic rings. The molecule has 1 aromatic heterocycles. The highest BCUT2D eigenvalue weighted by atomic mass is 19.4. The maximum absolute atomic E-state index is 10.6. The predicted molar refractivity (Wildman–Crippen MR) is 115 cm³/mol. The summed E-state index contributed by atoms with van der Waals surface area (Å²) in [6.45, 7) is 5.51. The first-order valence-electron chi connectivity index (χ1n) is 10.5. The van der Waals surface area contributed by atoms with E-state index in [9.17, 15) is 26.3 Å². The Hall–Kier alpha value is -3.15. The van der Waals surface area contributed by atoms with Crippen LogP contribution in [0.15, 0.2) is 48.7 Å². The lowest BCUT2D eigenvalue weighted by Crippen LogP contribution is -2.33.